The summed E-state index contributed by atoms with van der Waals surface area (Å²) in [4.78, 5) is 14.9. The first-order valence-corrected chi connectivity index (χ1v) is 14.0. The number of carbonyl (C=O) groups excluding carboxylic acids is 1. The van der Waals surface area contributed by atoms with Crippen molar-refractivity contribution in [2.45, 2.75) is 82.3 Å². The molecular weight excluding hydrogens is 483 g/mol. The lowest BCUT2D eigenvalue weighted by Crippen LogP contribution is -2.49. The fraction of sp³-hybridized carbons (Fsp3) is 0.750. The number of likely N-dealkylation sites (tertiary alicyclic amines) is 1. The van der Waals surface area contributed by atoms with Crippen LogP contribution in [0.1, 0.15) is 76.2 Å². The van der Waals surface area contributed by atoms with Gasteiger partial charge in [0.15, 0.2) is 0 Å². The number of unbranched alkanes of at least 4 members (excludes halogenated alkanes) is 1. The third kappa shape index (κ3) is 7.80. The SMILES string of the molecule is CNC[C@@H](CC1CCCCC1)OC(=O)N1CCC[C@@H]([C@@](O)(CCCCOC)c2cccc(Cl)c2F)C1. The van der Waals surface area contributed by atoms with Gasteiger partial charge < -0.3 is 24.8 Å². The zero-order valence-corrected chi connectivity index (χ0v) is 22.7. The Hall–Kier alpha value is -1.41. The average molecular weight is 527 g/mol. The van der Waals surface area contributed by atoms with E-state index >= 15 is 4.39 Å². The highest BCUT2D eigenvalue weighted by atomic mass is 35.5. The van der Waals surface area contributed by atoms with Crippen LogP contribution in [0.2, 0.25) is 5.02 Å². The zero-order chi connectivity index (χ0) is 26.0. The topological polar surface area (TPSA) is 71.0 Å². The number of hydrogen-bond donors (Lipinski definition) is 2. The van der Waals surface area contributed by atoms with Gasteiger partial charge in [0.25, 0.3) is 0 Å². The molecule has 0 spiro atoms. The maximum atomic E-state index is 15.1. The first-order chi connectivity index (χ1) is 17.4. The number of nitrogens with one attached hydrogen (secondary N) is 1. The van der Waals surface area contributed by atoms with Gasteiger partial charge in [-0.3, -0.25) is 0 Å². The Bertz CT molecular complexity index is 823. The normalized spacial score (nSPS) is 21.7. The van der Waals surface area contributed by atoms with Gasteiger partial charge in [0.05, 0.1) is 10.6 Å². The van der Waals surface area contributed by atoms with Crippen LogP contribution in [-0.2, 0) is 15.1 Å². The number of likely N-dealkylation sites (N-methyl/N-ethyl adjacent to an activating group) is 1. The molecule has 1 aromatic carbocycles. The summed E-state index contributed by atoms with van der Waals surface area (Å²) in [7, 11) is 3.52. The van der Waals surface area contributed by atoms with Crippen LogP contribution in [0.3, 0.4) is 0 Å². The number of aliphatic hydroxyl groups is 1. The molecule has 0 unspecified atom stereocenters. The van der Waals surface area contributed by atoms with Gasteiger partial charge in [0.1, 0.15) is 11.9 Å². The van der Waals surface area contributed by atoms with Gasteiger partial charge in [0.2, 0.25) is 0 Å². The molecule has 1 saturated heterocycles. The minimum absolute atomic E-state index is 0.00693. The standard InChI is InChI=1S/C28H44ClFN2O4/c1-31-19-23(18-21-10-4-3-5-11-21)36-27(33)32-16-9-12-22(20-32)28(34,15-6-7-17-35-2)24-13-8-14-25(29)26(24)30/h8,13-14,21-23,31,34H,3-7,9-12,15-20H2,1-2H3/t22-,23-,28+/m1/s1. The number of ether oxygens (including phenoxy) is 2. The van der Waals surface area contributed by atoms with E-state index in [0.717, 1.165) is 19.3 Å². The molecule has 2 N–H and O–H groups in total. The molecule has 0 bridgehead atoms. The molecule has 1 aromatic rings. The van der Waals surface area contributed by atoms with E-state index in [1.54, 1.807) is 24.1 Å². The first kappa shape index (κ1) is 29.2. The monoisotopic (exact) mass is 526 g/mol. The summed E-state index contributed by atoms with van der Waals surface area (Å²) in [6.07, 6.45) is 9.76. The molecule has 3 atom stereocenters. The number of amides is 1. The quantitative estimate of drug-likeness (QED) is 0.332. The predicted octanol–water partition coefficient (Wildman–Crippen LogP) is 5.89. The second-order valence-corrected chi connectivity index (χ2v) is 11.0. The number of benzene rings is 1. The summed E-state index contributed by atoms with van der Waals surface area (Å²) < 4.78 is 26.3. The summed E-state index contributed by atoms with van der Waals surface area (Å²) >= 11 is 6.09. The van der Waals surface area contributed by atoms with E-state index in [-0.39, 0.29) is 28.7 Å². The number of methoxy groups -OCH3 is 1. The van der Waals surface area contributed by atoms with Crippen molar-refractivity contribution in [3.63, 3.8) is 0 Å². The van der Waals surface area contributed by atoms with Crippen LogP contribution in [0, 0.1) is 17.7 Å². The van der Waals surface area contributed by atoms with Gasteiger partial charge in [-0.15, -0.1) is 0 Å². The van der Waals surface area contributed by atoms with Crippen LogP contribution in [0.15, 0.2) is 18.2 Å². The highest BCUT2D eigenvalue weighted by Crippen LogP contribution is 2.42. The van der Waals surface area contributed by atoms with E-state index in [4.69, 9.17) is 21.1 Å². The Morgan fingerprint density at radius 1 is 1.25 bits per heavy atom. The largest absolute Gasteiger partial charge is 0.445 e. The Balaban J connectivity index is 1.72. The maximum absolute atomic E-state index is 15.1. The van der Waals surface area contributed by atoms with Crippen LogP contribution >= 0.6 is 11.6 Å². The molecule has 1 aliphatic carbocycles. The van der Waals surface area contributed by atoms with E-state index in [1.807, 2.05) is 7.05 Å². The number of halogens is 2. The summed E-state index contributed by atoms with van der Waals surface area (Å²) in [5, 5.41) is 15.1. The summed E-state index contributed by atoms with van der Waals surface area (Å²) in [5.41, 5.74) is -1.23. The van der Waals surface area contributed by atoms with Crippen molar-refractivity contribution in [2.75, 3.05) is 40.4 Å². The number of rotatable bonds is 12. The molecule has 1 heterocycles. The molecule has 2 fully saturated rings. The van der Waals surface area contributed by atoms with Crippen molar-refractivity contribution in [3.05, 3.63) is 34.6 Å². The summed E-state index contributed by atoms with van der Waals surface area (Å²) in [6.45, 7) is 2.09. The van der Waals surface area contributed by atoms with E-state index in [1.165, 1.54) is 38.2 Å². The molecule has 2 aliphatic rings. The number of nitrogens with zero attached hydrogens (tertiary/aromatic N) is 1. The van der Waals surface area contributed by atoms with Crippen LogP contribution in [-0.4, -0.2) is 62.6 Å². The van der Waals surface area contributed by atoms with E-state index in [2.05, 4.69) is 5.32 Å². The second-order valence-electron chi connectivity index (χ2n) is 10.6. The molecule has 36 heavy (non-hydrogen) atoms. The summed E-state index contributed by atoms with van der Waals surface area (Å²) in [6, 6.07) is 4.77. The molecule has 1 aliphatic heterocycles. The molecule has 6 nitrogen and oxygen atoms in total. The highest BCUT2D eigenvalue weighted by Gasteiger charge is 2.43. The Kier molecular flexibility index (Phi) is 11.7. The predicted molar refractivity (Wildman–Crippen MR) is 141 cm³/mol. The molecule has 204 valence electrons. The molecule has 1 saturated carbocycles. The average Bonchev–Trinajstić information content (AvgIpc) is 2.89. The number of hydrogen-bond acceptors (Lipinski definition) is 5. The van der Waals surface area contributed by atoms with Crippen LogP contribution in [0.4, 0.5) is 9.18 Å². The minimum Gasteiger partial charge on any atom is -0.445 e. The minimum atomic E-state index is -1.44. The van der Waals surface area contributed by atoms with Crippen molar-refractivity contribution in [1.82, 2.24) is 10.2 Å². The van der Waals surface area contributed by atoms with Gasteiger partial charge in [-0.2, -0.15) is 0 Å². The maximum Gasteiger partial charge on any atom is 0.410 e. The fourth-order valence-corrected chi connectivity index (χ4v) is 6.16. The Labute approximate surface area is 220 Å². The third-order valence-electron chi connectivity index (χ3n) is 7.95. The first-order valence-electron chi connectivity index (χ1n) is 13.6. The van der Waals surface area contributed by atoms with Crippen LogP contribution < -0.4 is 5.32 Å². The fourth-order valence-electron chi connectivity index (χ4n) is 5.98. The van der Waals surface area contributed by atoms with Gasteiger partial charge in [-0.05, 0) is 57.6 Å². The van der Waals surface area contributed by atoms with Gasteiger partial charge in [0, 0.05) is 44.8 Å². The van der Waals surface area contributed by atoms with Crippen LogP contribution in [0.25, 0.3) is 0 Å². The lowest BCUT2D eigenvalue weighted by atomic mass is 9.74. The van der Waals surface area contributed by atoms with E-state index in [0.29, 0.717) is 51.4 Å². The molecule has 0 aromatic heterocycles. The number of piperidine rings is 1. The van der Waals surface area contributed by atoms with Crippen molar-refractivity contribution in [2.24, 2.45) is 11.8 Å². The van der Waals surface area contributed by atoms with Crippen molar-refractivity contribution in [1.29, 1.82) is 0 Å². The molecule has 0 radical (unpaired) electrons. The summed E-state index contributed by atoms with van der Waals surface area (Å²) in [5.74, 6) is -0.313. The van der Waals surface area contributed by atoms with E-state index in [9.17, 15) is 9.90 Å². The van der Waals surface area contributed by atoms with Crippen LogP contribution in [0.5, 0.6) is 0 Å². The van der Waals surface area contributed by atoms with Crippen molar-refractivity contribution in [3.8, 4) is 0 Å². The molecule has 1 amide bonds. The lowest BCUT2D eigenvalue weighted by molar-refractivity contribution is -0.0643. The Morgan fingerprint density at radius 2 is 2.03 bits per heavy atom. The lowest BCUT2D eigenvalue weighted by Gasteiger charge is -2.43. The van der Waals surface area contributed by atoms with Crippen molar-refractivity contribution < 1.29 is 23.8 Å². The smallest absolute Gasteiger partial charge is 0.410 e. The second kappa shape index (κ2) is 14.5. The number of carbonyl (C=O) groups is 1. The van der Waals surface area contributed by atoms with Gasteiger partial charge in [-0.25, -0.2) is 9.18 Å². The zero-order valence-electron chi connectivity index (χ0n) is 21.9. The third-order valence-corrected chi connectivity index (χ3v) is 8.24. The Morgan fingerprint density at radius 3 is 2.75 bits per heavy atom. The molecular formula is C28H44ClFN2O4. The van der Waals surface area contributed by atoms with Gasteiger partial charge >= 0.3 is 6.09 Å². The van der Waals surface area contributed by atoms with Gasteiger partial charge in [-0.1, -0.05) is 55.8 Å². The molecule has 8 heteroatoms. The van der Waals surface area contributed by atoms with Crippen molar-refractivity contribution >= 4 is 17.7 Å². The van der Waals surface area contributed by atoms with E-state index < -0.39 is 11.4 Å². The molecule has 3 rings (SSSR count). The highest BCUT2D eigenvalue weighted by molar-refractivity contribution is 6.30.